The molecule has 0 saturated heterocycles. The first-order valence-electron chi connectivity index (χ1n) is 4.20. The lowest BCUT2D eigenvalue weighted by Gasteiger charge is -2.09. The van der Waals surface area contributed by atoms with Gasteiger partial charge in [0.05, 0.1) is 5.88 Å². The van der Waals surface area contributed by atoms with Crippen LogP contribution in [0, 0.1) is 5.92 Å². The normalized spacial score (nSPS) is 13.2. The SMILES string of the molecule is CCC(C)Cn1cnnc1CCl. The predicted molar refractivity (Wildman–Crippen MR) is 49.0 cm³/mol. The molecule has 0 bridgehead atoms. The first kappa shape index (κ1) is 9.52. The van der Waals surface area contributed by atoms with Gasteiger partial charge in [0.25, 0.3) is 0 Å². The van der Waals surface area contributed by atoms with E-state index in [1.54, 1.807) is 6.33 Å². The van der Waals surface area contributed by atoms with Gasteiger partial charge in [-0.25, -0.2) is 0 Å². The average molecular weight is 188 g/mol. The number of hydrogen-bond donors (Lipinski definition) is 0. The summed E-state index contributed by atoms with van der Waals surface area (Å²) in [4.78, 5) is 0. The van der Waals surface area contributed by atoms with E-state index >= 15 is 0 Å². The van der Waals surface area contributed by atoms with Crippen LogP contribution < -0.4 is 0 Å². The third-order valence-corrected chi connectivity index (χ3v) is 2.26. The van der Waals surface area contributed by atoms with Crippen molar-refractivity contribution in [2.45, 2.75) is 32.7 Å². The van der Waals surface area contributed by atoms with Crippen molar-refractivity contribution in [3.05, 3.63) is 12.2 Å². The number of alkyl halides is 1. The van der Waals surface area contributed by atoms with Gasteiger partial charge in [-0.15, -0.1) is 21.8 Å². The van der Waals surface area contributed by atoms with Gasteiger partial charge in [-0.1, -0.05) is 20.3 Å². The summed E-state index contributed by atoms with van der Waals surface area (Å²) in [6.07, 6.45) is 2.91. The Morgan fingerprint density at radius 3 is 3.00 bits per heavy atom. The first-order valence-corrected chi connectivity index (χ1v) is 4.74. The van der Waals surface area contributed by atoms with E-state index in [0.717, 1.165) is 12.4 Å². The molecule has 0 amide bonds. The molecule has 0 aliphatic rings. The molecule has 0 spiro atoms. The highest BCUT2D eigenvalue weighted by atomic mass is 35.5. The Kier molecular flexibility index (Phi) is 3.53. The second kappa shape index (κ2) is 4.45. The third kappa shape index (κ3) is 2.21. The minimum Gasteiger partial charge on any atom is -0.316 e. The Bertz CT molecular complexity index is 234. The van der Waals surface area contributed by atoms with Gasteiger partial charge in [0.1, 0.15) is 12.2 Å². The molecule has 1 atom stereocenters. The number of nitrogens with zero attached hydrogens (tertiary/aromatic N) is 3. The lowest BCUT2D eigenvalue weighted by molar-refractivity contribution is 0.460. The van der Waals surface area contributed by atoms with Gasteiger partial charge in [-0.3, -0.25) is 0 Å². The van der Waals surface area contributed by atoms with Crippen LogP contribution in [0.1, 0.15) is 26.1 Å². The van der Waals surface area contributed by atoms with Crippen molar-refractivity contribution in [3.8, 4) is 0 Å². The van der Waals surface area contributed by atoms with E-state index in [2.05, 4.69) is 24.0 Å². The van der Waals surface area contributed by atoms with Gasteiger partial charge in [0.2, 0.25) is 0 Å². The van der Waals surface area contributed by atoms with Gasteiger partial charge < -0.3 is 4.57 Å². The highest BCUT2D eigenvalue weighted by Gasteiger charge is 2.05. The van der Waals surface area contributed by atoms with Gasteiger partial charge >= 0.3 is 0 Å². The predicted octanol–water partition coefficient (Wildman–Crippen LogP) is 2.06. The Labute approximate surface area is 77.8 Å². The van der Waals surface area contributed by atoms with Crippen molar-refractivity contribution >= 4 is 11.6 Å². The van der Waals surface area contributed by atoms with E-state index in [9.17, 15) is 0 Å². The zero-order valence-electron chi connectivity index (χ0n) is 7.50. The maximum absolute atomic E-state index is 5.68. The van der Waals surface area contributed by atoms with Gasteiger partial charge in [0, 0.05) is 6.54 Å². The molecule has 3 nitrogen and oxygen atoms in total. The fourth-order valence-corrected chi connectivity index (χ4v) is 1.21. The molecule has 68 valence electrons. The van der Waals surface area contributed by atoms with Crippen LogP contribution in [0.25, 0.3) is 0 Å². The number of hydrogen-bond acceptors (Lipinski definition) is 2. The minimum atomic E-state index is 0.441. The van der Waals surface area contributed by atoms with Crippen LogP contribution in [0.15, 0.2) is 6.33 Å². The molecule has 0 fully saturated rings. The molecule has 1 aromatic rings. The van der Waals surface area contributed by atoms with Crippen molar-refractivity contribution in [1.82, 2.24) is 14.8 Å². The van der Waals surface area contributed by atoms with Crippen molar-refractivity contribution in [2.75, 3.05) is 0 Å². The molecular weight excluding hydrogens is 174 g/mol. The summed E-state index contributed by atoms with van der Waals surface area (Å²) >= 11 is 5.68. The number of rotatable bonds is 4. The van der Waals surface area contributed by atoms with Crippen LogP contribution in [0.5, 0.6) is 0 Å². The van der Waals surface area contributed by atoms with Crippen LogP contribution in [-0.4, -0.2) is 14.8 Å². The fourth-order valence-electron chi connectivity index (χ4n) is 1.000. The molecule has 4 heteroatoms. The topological polar surface area (TPSA) is 30.7 Å². The molecule has 0 saturated carbocycles. The summed E-state index contributed by atoms with van der Waals surface area (Å²) in [6, 6.07) is 0. The quantitative estimate of drug-likeness (QED) is 0.676. The van der Waals surface area contributed by atoms with Crippen LogP contribution in [0.3, 0.4) is 0 Å². The second-order valence-corrected chi connectivity index (χ2v) is 3.31. The van der Waals surface area contributed by atoms with Crippen LogP contribution in [-0.2, 0) is 12.4 Å². The van der Waals surface area contributed by atoms with E-state index in [1.165, 1.54) is 6.42 Å². The van der Waals surface area contributed by atoms with E-state index in [0.29, 0.717) is 11.8 Å². The first-order chi connectivity index (χ1) is 5.77. The summed E-state index contributed by atoms with van der Waals surface area (Å²) in [5, 5.41) is 7.71. The Morgan fingerprint density at radius 2 is 2.42 bits per heavy atom. The van der Waals surface area contributed by atoms with Crippen molar-refractivity contribution in [3.63, 3.8) is 0 Å². The highest BCUT2D eigenvalue weighted by Crippen LogP contribution is 2.07. The summed E-state index contributed by atoms with van der Waals surface area (Å²) in [7, 11) is 0. The van der Waals surface area contributed by atoms with Gasteiger partial charge in [-0.05, 0) is 5.92 Å². The molecule has 12 heavy (non-hydrogen) atoms. The standard InChI is InChI=1S/C8H14ClN3/c1-3-7(2)5-12-6-10-11-8(12)4-9/h6-7H,3-5H2,1-2H3. The van der Waals surface area contributed by atoms with Crippen LogP contribution >= 0.6 is 11.6 Å². The van der Waals surface area contributed by atoms with Gasteiger partial charge in [-0.2, -0.15) is 0 Å². The molecular formula is C8H14ClN3. The Balaban J connectivity index is 2.61. The molecule has 1 rings (SSSR count). The zero-order valence-corrected chi connectivity index (χ0v) is 8.25. The molecule has 0 radical (unpaired) electrons. The fraction of sp³-hybridized carbons (Fsp3) is 0.750. The lowest BCUT2D eigenvalue weighted by atomic mass is 10.1. The molecule has 1 heterocycles. The smallest absolute Gasteiger partial charge is 0.147 e. The molecule has 1 unspecified atom stereocenters. The van der Waals surface area contributed by atoms with E-state index in [-0.39, 0.29) is 0 Å². The monoisotopic (exact) mass is 187 g/mol. The summed E-state index contributed by atoms with van der Waals surface area (Å²) in [5.74, 6) is 1.95. The Morgan fingerprint density at radius 1 is 1.67 bits per heavy atom. The van der Waals surface area contributed by atoms with Crippen molar-refractivity contribution < 1.29 is 0 Å². The van der Waals surface area contributed by atoms with E-state index < -0.39 is 0 Å². The molecule has 0 N–H and O–H groups in total. The third-order valence-electron chi connectivity index (χ3n) is 2.02. The van der Waals surface area contributed by atoms with E-state index in [4.69, 9.17) is 11.6 Å². The van der Waals surface area contributed by atoms with Crippen molar-refractivity contribution in [2.24, 2.45) is 5.92 Å². The highest BCUT2D eigenvalue weighted by molar-refractivity contribution is 6.16. The van der Waals surface area contributed by atoms with Crippen LogP contribution in [0.4, 0.5) is 0 Å². The summed E-state index contributed by atoms with van der Waals surface area (Å²) < 4.78 is 2.02. The second-order valence-electron chi connectivity index (χ2n) is 3.05. The van der Waals surface area contributed by atoms with Crippen LogP contribution in [0.2, 0.25) is 0 Å². The maximum Gasteiger partial charge on any atom is 0.147 e. The molecule has 0 aromatic carbocycles. The van der Waals surface area contributed by atoms with Gasteiger partial charge in [0.15, 0.2) is 0 Å². The summed E-state index contributed by atoms with van der Waals surface area (Å²) in [5.41, 5.74) is 0. The summed E-state index contributed by atoms with van der Waals surface area (Å²) in [6.45, 7) is 5.35. The van der Waals surface area contributed by atoms with Crippen molar-refractivity contribution in [1.29, 1.82) is 0 Å². The largest absolute Gasteiger partial charge is 0.316 e. The number of aromatic nitrogens is 3. The molecule has 0 aliphatic heterocycles. The number of halogens is 1. The molecule has 0 aliphatic carbocycles. The average Bonchev–Trinajstić information content (AvgIpc) is 2.51. The minimum absolute atomic E-state index is 0.441. The Hall–Kier alpha value is -0.570. The molecule has 1 aromatic heterocycles. The maximum atomic E-state index is 5.68. The van der Waals surface area contributed by atoms with E-state index in [1.807, 2.05) is 4.57 Å². The zero-order chi connectivity index (χ0) is 8.97. The lowest BCUT2D eigenvalue weighted by Crippen LogP contribution is -2.08.